The number of halogens is 2. The van der Waals surface area contributed by atoms with E-state index in [0.29, 0.717) is 18.9 Å². The molecule has 0 bridgehead atoms. The molecule has 0 unspecified atom stereocenters. The lowest BCUT2D eigenvalue weighted by Gasteiger charge is -2.26. The summed E-state index contributed by atoms with van der Waals surface area (Å²) in [6.45, 7) is 2.87. The summed E-state index contributed by atoms with van der Waals surface area (Å²) < 4.78 is 18.6. The van der Waals surface area contributed by atoms with Crippen LogP contribution in [0, 0.1) is 5.82 Å². The Bertz CT molecular complexity index is 750. The van der Waals surface area contributed by atoms with Gasteiger partial charge in [0.1, 0.15) is 5.82 Å². The molecule has 1 amide bonds. The molecule has 0 aliphatic carbocycles. The second-order valence-corrected chi connectivity index (χ2v) is 6.47. The second kappa shape index (κ2) is 7.33. The predicted octanol–water partition coefficient (Wildman–Crippen LogP) is 2.66. The van der Waals surface area contributed by atoms with Gasteiger partial charge in [0.15, 0.2) is 10.9 Å². The summed E-state index contributed by atoms with van der Waals surface area (Å²) in [6.07, 6.45) is 0.0222. The molecule has 1 aliphatic heterocycles. The molecule has 128 valence electrons. The van der Waals surface area contributed by atoms with Gasteiger partial charge in [0.2, 0.25) is 5.91 Å². The average molecular weight is 372 g/mol. The Morgan fingerprint density at radius 1 is 1.46 bits per heavy atom. The first kappa shape index (κ1) is 16.9. The van der Waals surface area contributed by atoms with Crippen LogP contribution < -0.4 is 10.2 Å². The molecular formula is C15H15ClFN3O3S. The van der Waals surface area contributed by atoms with Gasteiger partial charge in [-0.1, -0.05) is 11.6 Å². The van der Waals surface area contributed by atoms with Crippen molar-refractivity contribution in [3.63, 3.8) is 0 Å². The van der Waals surface area contributed by atoms with Gasteiger partial charge < -0.3 is 20.1 Å². The zero-order valence-electron chi connectivity index (χ0n) is 12.6. The van der Waals surface area contributed by atoms with Crippen LogP contribution in [0.2, 0.25) is 5.02 Å². The van der Waals surface area contributed by atoms with Crippen molar-refractivity contribution >= 4 is 39.7 Å². The minimum atomic E-state index is -0.642. The van der Waals surface area contributed by atoms with Gasteiger partial charge in [-0.3, -0.25) is 4.79 Å². The highest BCUT2D eigenvalue weighted by Crippen LogP contribution is 2.32. The van der Waals surface area contributed by atoms with E-state index in [1.807, 2.05) is 5.38 Å². The fraction of sp³-hybridized carbons (Fsp3) is 0.333. The second-order valence-electron chi connectivity index (χ2n) is 5.23. The molecule has 0 saturated carbocycles. The van der Waals surface area contributed by atoms with Crippen molar-refractivity contribution < 1.29 is 19.0 Å². The maximum atomic E-state index is 13.3. The summed E-state index contributed by atoms with van der Waals surface area (Å²) in [6, 6.07) is 1.99. The van der Waals surface area contributed by atoms with E-state index in [4.69, 9.17) is 16.3 Å². The first-order valence-electron chi connectivity index (χ1n) is 7.28. The van der Waals surface area contributed by atoms with Crippen LogP contribution in [0.15, 0.2) is 17.5 Å². The number of anilines is 2. The Morgan fingerprint density at radius 2 is 2.21 bits per heavy atom. The highest BCUT2D eigenvalue weighted by Gasteiger charge is 2.17. The van der Waals surface area contributed by atoms with Crippen molar-refractivity contribution in [3.05, 3.63) is 34.0 Å². The number of benzene rings is 1. The molecule has 0 radical (unpaired) electrons. The molecule has 2 N–H and O–H groups in total. The minimum Gasteiger partial charge on any atom is -0.504 e. The first-order valence-corrected chi connectivity index (χ1v) is 8.53. The van der Waals surface area contributed by atoms with Crippen LogP contribution in [-0.4, -0.2) is 42.3 Å². The van der Waals surface area contributed by atoms with Crippen molar-refractivity contribution in [3.8, 4) is 5.75 Å². The molecule has 1 aromatic carbocycles. The van der Waals surface area contributed by atoms with Crippen LogP contribution in [0.3, 0.4) is 0 Å². The molecule has 1 saturated heterocycles. The van der Waals surface area contributed by atoms with E-state index in [0.717, 1.165) is 30.4 Å². The first-order chi connectivity index (χ1) is 11.5. The summed E-state index contributed by atoms with van der Waals surface area (Å²) in [5, 5.41) is 14.7. The van der Waals surface area contributed by atoms with E-state index in [2.05, 4.69) is 15.2 Å². The summed E-state index contributed by atoms with van der Waals surface area (Å²) >= 11 is 7.15. The van der Waals surface area contributed by atoms with Gasteiger partial charge in [-0.25, -0.2) is 9.37 Å². The van der Waals surface area contributed by atoms with Crippen LogP contribution in [0.5, 0.6) is 5.75 Å². The van der Waals surface area contributed by atoms with Gasteiger partial charge in [-0.2, -0.15) is 0 Å². The molecular weight excluding hydrogens is 357 g/mol. The van der Waals surface area contributed by atoms with E-state index < -0.39 is 11.7 Å². The van der Waals surface area contributed by atoms with Crippen LogP contribution >= 0.6 is 22.9 Å². The van der Waals surface area contributed by atoms with Crippen molar-refractivity contribution in [2.75, 3.05) is 36.5 Å². The van der Waals surface area contributed by atoms with Crippen molar-refractivity contribution in [2.24, 2.45) is 0 Å². The predicted molar refractivity (Wildman–Crippen MR) is 90.6 cm³/mol. The zero-order chi connectivity index (χ0) is 17.1. The number of hydrogen-bond donors (Lipinski definition) is 2. The van der Waals surface area contributed by atoms with Gasteiger partial charge in [-0.15, -0.1) is 11.3 Å². The standard InChI is InChI=1S/C15H15ClFN3O3S/c16-11-5-9(17)6-12(14(11)22)19-13(21)7-10-8-24-15(18-10)20-1-3-23-4-2-20/h5-6,8,22H,1-4,7H2,(H,19,21). The number of hydrogen-bond acceptors (Lipinski definition) is 6. The SMILES string of the molecule is O=C(Cc1csc(N2CCOCC2)n1)Nc1cc(F)cc(Cl)c1O. The number of nitrogens with zero attached hydrogens (tertiary/aromatic N) is 2. The quantitative estimate of drug-likeness (QED) is 0.808. The number of phenols is 1. The largest absolute Gasteiger partial charge is 0.504 e. The average Bonchev–Trinajstić information content (AvgIpc) is 3.01. The van der Waals surface area contributed by atoms with Crippen LogP contribution in [0.1, 0.15) is 5.69 Å². The third-order valence-corrected chi connectivity index (χ3v) is 4.70. The van der Waals surface area contributed by atoms with E-state index in [-0.39, 0.29) is 22.9 Å². The van der Waals surface area contributed by atoms with Crippen LogP contribution in [-0.2, 0) is 16.0 Å². The molecule has 0 atom stereocenters. The molecule has 1 aromatic heterocycles. The molecule has 6 nitrogen and oxygen atoms in total. The van der Waals surface area contributed by atoms with Crippen LogP contribution in [0.25, 0.3) is 0 Å². The fourth-order valence-electron chi connectivity index (χ4n) is 2.30. The highest BCUT2D eigenvalue weighted by atomic mass is 35.5. The molecule has 1 aliphatic rings. The van der Waals surface area contributed by atoms with Gasteiger partial charge in [0.25, 0.3) is 0 Å². The van der Waals surface area contributed by atoms with Gasteiger partial charge in [-0.05, 0) is 6.07 Å². The summed E-state index contributed by atoms with van der Waals surface area (Å²) in [4.78, 5) is 18.6. The van der Waals surface area contributed by atoms with Crippen LogP contribution in [0.4, 0.5) is 15.2 Å². The number of aromatic hydroxyl groups is 1. The summed E-state index contributed by atoms with van der Waals surface area (Å²) in [7, 11) is 0. The number of phenolic OH excluding ortho intramolecular Hbond substituents is 1. The van der Waals surface area contributed by atoms with Gasteiger partial charge >= 0.3 is 0 Å². The van der Waals surface area contributed by atoms with Crippen molar-refractivity contribution in [1.82, 2.24) is 4.98 Å². The molecule has 0 spiro atoms. The number of rotatable bonds is 4. The number of aromatic nitrogens is 1. The Hall–Kier alpha value is -1.90. The minimum absolute atomic E-state index is 0.0222. The number of thiazole rings is 1. The lowest BCUT2D eigenvalue weighted by molar-refractivity contribution is -0.115. The normalized spacial score (nSPS) is 14.7. The fourth-order valence-corrected chi connectivity index (χ4v) is 3.38. The van der Waals surface area contributed by atoms with Crippen molar-refractivity contribution in [2.45, 2.75) is 6.42 Å². The Morgan fingerprint density at radius 3 is 2.96 bits per heavy atom. The smallest absolute Gasteiger partial charge is 0.230 e. The Labute approximate surface area is 146 Å². The molecule has 2 aromatic rings. The Kier molecular flexibility index (Phi) is 5.17. The lowest BCUT2D eigenvalue weighted by Crippen LogP contribution is -2.36. The number of ether oxygens (including phenoxy) is 1. The van der Waals surface area contributed by atoms with Crippen molar-refractivity contribution in [1.29, 1.82) is 0 Å². The molecule has 9 heteroatoms. The maximum Gasteiger partial charge on any atom is 0.230 e. The van der Waals surface area contributed by atoms with E-state index in [1.54, 1.807) is 0 Å². The van der Waals surface area contributed by atoms with E-state index in [9.17, 15) is 14.3 Å². The molecule has 2 heterocycles. The van der Waals surface area contributed by atoms with E-state index in [1.165, 1.54) is 11.3 Å². The van der Waals surface area contributed by atoms with Gasteiger partial charge in [0, 0.05) is 24.5 Å². The monoisotopic (exact) mass is 371 g/mol. The third-order valence-electron chi connectivity index (χ3n) is 3.47. The molecule has 24 heavy (non-hydrogen) atoms. The molecule has 3 rings (SSSR count). The number of nitrogens with one attached hydrogen (secondary N) is 1. The molecule has 1 fully saturated rings. The Balaban J connectivity index is 1.64. The summed E-state index contributed by atoms with van der Waals surface area (Å²) in [5.41, 5.74) is 0.551. The number of carbonyl (C=O) groups excluding carboxylic acids is 1. The highest BCUT2D eigenvalue weighted by molar-refractivity contribution is 7.13. The van der Waals surface area contributed by atoms with E-state index >= 15 is 0 Å². The van der Waals surface area contributed by atoms with Gasteiger partial charge in [0.05, 0.1) is 36.0 Å². The third kappa shape index (κ3) is 3.95. The number of carbonyl (C=O) groups is 1. The number of amides is 1. The topological polar surface area (TPSA) is 74.7 Å². The maximum absolute atomic E-state index is 13.3. The lowest BCUT2D eigenvalue weighted by atomic mass is 10.2. The number of morpholine rings is 1. The summed E-state index contributed by atoms with van der Waals surface area (Å²) in [5.74, 6) is -1.42. The zero-order valence-corrected chi connectivity index (χ0v) is 14.2.